The molecule has 0 atom stereocenters. The van der Waals surface area contributed by atoms with Crippen molar-refractivity contribution in [3.8, 4) is 10.4 Å². The second-order valence-electron chi connectivity index (χ2n) is 6.48. The third-order valence-corrected chi connectivity index (χ3v) is 5.50. The summed E-state index contributed by atoms with van der Waals surface area (Å²) in [5.41, 5.74) is 0.0679. The monoisotopic (exact) mass is 438 g/mol. The molecule has 4 rings (SSSR count). The largest absolute Gasteiger partial charge is 0.464 e. The maximum atomic E-state index is 13.7. The van der Waals surface area contributed by atoms with Gasteiger partial charge in [0.2, 0.25) is 0 Å². The molecular formula is C21H15FN4O4S. The predicted octanol–water partition coefficient (Wildman–Crippen LogP) is 3.24. The number of nitrogens with one attached hydrogen (secondary N) is 1. The third kappa shape index (κ3) is 3.80. The van der Waals surface area contributed by atoms with Crippen LogP contribution in [0.25, 0.3) is 21.2 Å². The van der Waals surface area contributed by atoms with E-state index in [9.17, 15) is 18.8 Å². The van der Waals surface area contributed by atoms with E-state index in [-0.39, 0.29) is 22.1 Å². The second-order valence-corrected chi connectivity index (χ2v) is 7.47. The molecule has 2 heterocycles. The SMILES string of the molecule is COC(=O)c1nc(NC(=O)c2nn(C)c(=O)c3ccccc23)sc1-c1cccc(F)c1. The van der Waals surface area contributed by atoms with E-state index in [1.807, 2.05) is 0 Å². The van der Waals surface area contributed by atoms with E-state index in [0.29, 0.717) is 21.2 Å². The number of methoxy groups -OCH3 is 1. The van der Waals surface area contributed by atoms with Crippen molar-refractivity contribution in [2.24, 2.45) is 7.05 Å². The Morgan fingerprint density at radius 2 is 1.84 bits per heavy atom. The number of hydrogen-bond donors (Lipinski definition) is 1. The van der Waals surface area contributed by atoms with Crippen molar-refractivity contribution in [3.63, 3.8) is 0 Å². The fourth-order valence-corrected chi connectivity index (χ4v) is 4.00. The van der Waals surface area contributed by atoms with Gasteiger partial charge in [0.1, 0.15) is 5.82 Å². The number of aromatic nitrogens is 3. The number of esters is 1. The number of carbonyl (C=O) groups excluding carboxylic acids is 2. The van der Waals surface area contributed by atoms with Crippen LogP contribution in [-0.4, -0.2) is 33.8 Å². The molecule has 0 radical (unpaired) electrons. The highest BCUT2D eigenvalue weighted by Gasteiger charge is 2.23. The molecule has 10 heteroatoms. The molecule has 0 bridgehead atoms. The van der Waals surface area contributed by atoms with Crippen molar-refractivity contribution in [1.82, 2.24) is 14.8 Å². The maximum absolute atomic E-state index is 13.7. The zero-order chi connectivity index (χ0) is 22.1. The van der Waals surface area contributed by atoms with Gasteiger partial charge in [-0.2, -0.15) is 5.10 Å². The topological polar surface area (TPSA) is 103 Å². The van der Waals surface area contributed by atoms with Gasteiger partial charge in [0.15, 0.2) is 16.5 Å². The van der Waals surface area contributed by atoms with Crippen LogP contribution in [0, 0.1) is 5.82 Å². The molecule has 0 saturated heterocycles. The lowest BCUT2D eigenvalue weighted by atomic mass is 10.1. The average Bonchev–Trinajstić information content (AvgIpc) is 3.19. The average molecular weight is 438 g/mol. The molecule has 31 heavy (non-hydrogen) atoms. The van der Waals surface area contributed by atoms with E-state index in [1.165, 1.54) is 32.4 Å². The number of fused-ring (bicyclic) bond motifs is 1. The standard InChI is InChI=1S/C21H15FN4O4S/c1-26-19(28)14-9-4-3-8-13(14)15(25-26)18(27)24-21-23-16(20(29)30-2)17(31-21)11-6-5-7-12(22)10-11/h3-10H,1-2H3,(H,23,24,27). The molecule has 1 N–H and O–H groups in total. The summed E-state index contributed by atoms with van der Waals surface area (Å²) in [6.45, 7) is 0. The lowest BCUT2D eigenvalue weighted by Crippen LogP contribution is -2.25. The summed E-state index contributed by atoms with van der Waals surface area (Å²) < 4.78 is 19.5. The number of carbonyl (C=O) groups is 2. The van der Waals surface area contributed by atoms with E-state index >= 15 is 0 Å². The smallest absolute Gasteiger partial charge is 0.358 e. The van der Waals surface area contributed by atoms with Gasteiger partial charge in [-0.05, 0) is 23.8 Å². The number of anilines is 1. The van der Waals surface area contributed by atoms with E-state index in [4.69, 9.17) is 4.74 Å². The van der Waals surface area contributed by atoms with Crippen molar-refractivity contribution in [2.45, 2.75) is 0 Å². The van der Waals surface area contributed by atoms with E-state index in [2.05, 4.69) is 15.4 Å². The number of benzene rings is 2. The lowest BCUT2D eigenvalue weighted by Gasteiger charge is -2.07. The molecule has 0 aliphatic carbocycles. The Kier molecular flexibility index (Phi) is 5.30. The minimum atomic E-state index is -0.721. The van der Waals surface area contributed by atoms with E-state index in [1.54, 1.807) is 30.3 Å². The minimum Gasteiger partial charge on any atom is -0.464 e. The Morgan fingerprint density at radius 3 is 2.55 bits per heavy atom. The van der Waals surface area contributed by atoms with Crippen LogP contribution in [0.5, 0.6) is 0 Å². The number of aryl methyl sites for hydroxylation is 1. The van der Waals surface area contributed by atoms with Crippen LogP contribution >= 0.6 is 11.3 Å². The Hall–Kier alpha value is -3.92. The summed E-state index contributed by atoms with van der Waals surface area (Å²) in [4.78, 5) is 41.9. The third-order valence-electron chi connectivity index (χ3n) is 4.48. The number of hydrogen-bond acceptors (Lipinski definition) is 7. The Labute approximate surface area is 178 Å². The van der Waals surface area contributed by atoms with Gasteiger partial charge in [0, 0.05) is 12.4 Å². The Bertz CT molecular complexity index is 1400. The summed E-state index contributed by atoms with van der Waals surface area (Å²) in [6.07, 6.45) is 0. The Morgan fingerprint density at radius 1 is 1.10 bits per heavy atom. The zero-order valence-corrected chi connectivity index (χ0v) is 17.2. The highest BCUT2D eigenvalue weighted by Crippen LogP contribution is 2.34. The highest BCUT2D eigenvalue weighted by molar-refractivity contribution is 7.19. The number of ether oxygens (including phenoxy) is 1. The molecule has 0 spiro atoms. The number of rotatable bonds is 4. The molecule has 0 aliphatic rings. The first kappa shape index (κ1) is 20.4. The molecule has 0 saturated carbocycles. The van der Waals surface area contributed by atoms with Crippen LogP contribution in [0.15, 0.2) is 53.3 Å². The lowest BCUT2D eigenvalue weighted by molar-refractivity contribution is 0.0595. The summed E-state index contributed by atoms with van der Waals surface area (Å²) >= 11 is 0.994. The van der Waals surface area contributed by atoms with Crippen LogP contribution < -0.4 is 10.9 Å². The van der Waals surface area contributed by atoms with Gasteiger partial charge in [0.25, 0.3) is 11.5 Å². The fourth-order valence-electron chi connectivity index (χ4n) is 3.06. The minimum absolute atomic E-state index is 0.0276. The summed E-state index contributed by atoms with van der Waals surface area (Å²) in [5.74, 6) is -1.81. The first-order chi connectivity index (χ1) is 14.9. The van der Waals surface area contributed by atoms with Crippen LogP contribution in [0.3, 0.4) is 0 Å². The van der Waals surface area contributed by atoms with E-state index < -0.39 is 17.7 Å². The molecule has 0 aliphatic heterocycles. The number of nitrogens with zero attached hydrogens (tertiary/aromatic N) is 3. The summed E-state index contributed by atoms with van der Waals surface area (Å²) in [5, 5.41) is 7.52. The molecule has 1 amide bonds. The second kappa shape index (κ2) is 8.07. The van der Waals surface area contributed by atoms with Crippen molar-refractivity contribution in [2.75, 3.05) is 12.4 Å². The predicted molar refractivity (Wildman–Crippen MR) is 114 cm³/mol. The fraction of sp³-hybridized carbons (Fsp3) is 0.0952. The normalized spacial score (nSPS) is 10.8. The summed E-state index contributed by atoms with van der Waals surface area (Å²) in [7, 11) is 2.65. The highest BCUT2D eigenvalue weighted by atomic mass is 32.1. The van der Waals surface area contributed by atoms with Gasteiger partial charge in [-0.3, -0.25) is 14.9 Å². The Balaban J connectivity index is 1.76. The van der Waals surface area contributed by atoms with Crippen molar-refractivity contribution in [3.05, 3.63) is 76.1 Å². The molecule has 0 unspecified atom stereocenters. The van der Waals surface area contributed by atoms with Gasteiger partial charge >= 0.3 is 5.97 Å². The van der Waals surface area contributed by atoms with Gasteiger partial charge in [-0.15, -0.1) is 0 Å². The molecule has 2 aromatic heterocycles. The van der Waals surface area contributed by atoms with Crippen LogP contribution in [0.2, 0.25) is 0 Å². The quantitative estimate of drug-likeness (QED) is 0.491. The van der Waals surface area contributed by atoms with Gasteiger partial charge in [0.05, 0.1) is 17.4 Å². The molecule has 0 fully saturated rings. The van der Waals surface area contributed by atoms with Crippen molar-refractivity contribution < 1.29 is 18.7 Å². The van der Waals surface area contributed by atoms with Crippen LogP contribution in [-0.2, 0) is 11.8 Å². The first-order valence-electron chi connectivity index (χ1n) is 9.01. The molecule has 156 valence electrons. The summed E-state index contributed by atoms with van der Waals surface area (Å²) in [6, 6.07) is 12.3. The number of thiazole rings is 1. The molecular weight excluding hydrogens is 423 g/mol. The van der Waals surface area contributed by atoms with Crippen molar-refractivity contribution in [1.29, 1.82) is 0 Å². The van der Waals surface area contributed by atoms with Gasteiger partial charge in [-0.1, -0.05) is 41.7 Å². The first-order valence-corrected chi connectivity index (χ1v) is 9.83. The maximum Gasteiger partial charge on any atom is 0.358 e. The van der Waals surface area contributed by atoms with Crippen molar-refractivity contribution >= 4 is 39.1 Å². The number of halogens is 1. The molecule has 8 nitrogen and oxygen atoms in total. The van der Waals surface area contributed by atoms with Crippen LogP contribution in [0.4, 0.5) is 9.52 Å². The van der Waals surface area contributed by atoms with E-state index in [0.717, 1.165) is 16.0 Å². The molecule has 4 aromatic rings. The molecule has 2 aromatic carbocycles. The van der Waals surface area contributed by atoms with Crippen LogP contribution in [0.1, 0.15) is 21.0 Å². The number of amides is 1. The zero-order valence-electron chi connectivity index (χ0n) is 16.4. The van der Waals surface area contributed by atoms with Gasteiger partial charge < -0.3 is 4.74 Å². The van der Waals surface area contributed by atoms with Gasteiger partial charge in [-0.25, -0.2) is 18.9 Å².